The highest BCUT2D eigenvalue weighted by Crippen LogP contribution is 2.39. The van der Waals surface area contributed by atoms with E-state index < -0.39 is 0 Å². The molecule has 152 valence electrons. The maximum Gasteiger partial charge on any atom is 0.255 e. The molecule has 0 spiro atoms. The number of carbonyl (C=O) groups excluding carboxylic acids is 1. The van der Waals surface area contributed by atoms with Crippen molar-refractivity contribution in [3.05, 3.63) is 93.7 Å². The first kappa shape index (κ1) is 19.3. The molecule has 30 heavy (non-hydrogen) atoms. The van der Waals surface area contributed by atoms with Crippen molar-refractivity contribution >= 4 is 21.8 Å². The number of amides is 1. The quantitative estimate of drug-likeness (QED) is 0.568. The van der Waals surface area contributed by atoms with Crippen LogP contribution in [0.25, 0.3) is 0 Å². The smallest absolute Gasteiger partial charge is 0.255 e. The Morgan fingerprint density at radius 2 is 1.70 bits per heavy atom. The second kappa shape index (κ2) is 8.20. The second-order valence-corrected chi connectivity index (χ2v) is 8.56. The van der Waals surface area contributed by atoms with Crippen LogP contribution in [0.15, 0.2) is 71.5 Å². The lowest BCUT2D eigenvalue weighted by Gasteiger charge is -2.39. The summed E-state index contributed by atoms with van der Waals surface area (Å²) >= 11 is 3.40. The Morgan fingerprint density at radius 3 is 2.50 bits per heavy atom. The number of nitrogens with zero attached hydrogens (tertiary/aromatic N) is 3. The Hall–Kier alpha value is -2.70. The second-order valence-electron chi connectivity index (χ2n) is 7.65. The zero-order chi connectivity index (χ0) is 20.5. The Morgan fingerprint density at radius 1 is 0.967 bits per heavy atom. The molecule has 5 nitrogen and oxygen atoms in total. The van der Waals surface area contributed by atoms with Gasteiger partial charge in [0.05, 0.1) is 11.6 Å². The predicted octanol–water partition coefficient (Wildman–Crippen LogP) is 4.28. The fourth-order valence-electron chi connectivity index (χ4n) is 4.38. The molecule has 0 bridgehead atoms. The number of piperazine rings is 1. The van der Waals surface area contributed by atoms with Crippen LogP contribution < -0.4 is 4.74 Å². The van der Waals surface area contributed by atoms with Gasteiger partial charge in [0, 0.05) is 48.6 Å². The molecule has 1 saturated heterocycles. The fourth-order valence-corrected chi connectivity index (χ4v) is 4.75. The van der Waals surface area contributed by atoms with E-state index in [0.717, 1.165) is 23.3 Å². The summed E-state index contributed by atoms with van der Waals surface area (Å²) in [5.74, 6) is 0.978. The number of hydrogen-bond acceptors (Lipinski definition) is 4. The van der Waals surface area contributed by atoms with Crippen molar-refractivity contribution in [1.29, 1.82) is 0 Å². The third-order valence-electron chi connectivity index (χ3n) is 5.86. The minimum atomic E-state index is 0.0356. The van der Waals surface area contributed by atoms with Gasteiger partial charge in [-0.3, -0.25) is 14.7 Å². The highest BCUT2D eigenvalue weighted by Gasteiger charge is 2.32. The lowest BCUT2D eigenvalue weighted by Crippen LogP contribution is -2.50. The van der Waals surface area contributed by atoms with Crippen LogP contribution >= 0.6 is 15.9 Å². The van der Waals surface area contributed by atoms with Crippen LogP contribution in [-0.4, -0.2) is 46.9 Å². The molecule has 1 unspecified atom stereocenters. The Labute approximate surface area is 184 Å². The van der Waals surface area contributed by atoms with Gasteiger partial charge in [0.2, 0.25) is 0 Å². The normalized spacial score (nSPS) is 18.7. The van der Waals surface area contributed by atoms with Crippen LogP contribution in [0.4, 0.5) is 0 Å². The summed E-state index contributed by atoms with van der Waals surface area (Å²) in [7, 11) is 0. The third-order valence-corrected chi connectivity index (χ3v) is 6.30. The van der Waals surface area contributed by atoms with Gasteiger partial charge >= 0.3 is 0 Å². The number of aromatic nitrogens is 1. The van der Waals surface area contributed by atoms with E-state index in [-0.39, 0.29) is 11.9 Å². The minimum absolute atomic E-state index is 0.0356. The molecule has 1 amide bonds. The molecule has 3 heterocycles. The van der Waals surface area contributed by atoms with E-state index in [4.69, 9.17) is 4.74 Å². The standard InChI is InChI=1S/C24H22BrN3O2/c25-19-13-18(14-26-15-19)24(29)28-11-9-27(10-12-28)23-20-6-2-1-5-17(20)16-30-22-8-4-3-7-21(22)23/h1-8,13-15,23H,9-12,16H2. The molecule has 1 atom stereocenters. The largest absolute Gasteiger partial charge is 0.489 e. The number of fused-ring (bicyclic) bond motifs is 2. The summed E-state index contributed by atoms with van der Waals surface area (Å²) in [6.45, 7) is 3.57. The van der Waals surface area contributed by atoms with Gasteiger partial charge in [0.15, 0.2) is 0 Å². The average molecular weight is 464 g/mol. The van der Waals surface area contributed by atoms with Crippen LogP contribution in [0.1, 0.15) is 33.1 Å². The van der Waals surface area contributed by atoms with Gasteiger partial charge in [-0.05, 0) is 39.2 Å². The molecular formula is C24H22BrN3O2. The van der Waals surface area contributed by atoms with Crippen LogP contribution in [-0.2, 0) is 6.61 Å². The lowest BCUT2D eigenvalue weighted by molar-refractivity contribution is 0.0596. The Balaban J connectivity index is 1.40. The van der Waals surface area contributed by atoms with Crippen LogP contribution in [0.5, 0.6) is 5.75 Å². The zero-order valence-corrected chi connectivity index (χ0v) is 18.1. The molecule has 0 saturated carbocycles. The lowest BCUT2D eigenvalue weighted by atomic mass is 9.93. The first-order valence-electron chi connectivity index (χ1n) is 10.1. The highest BCUT2D eigenvalue weighted by atomic mass is 79.9. The zero-order valence-electron chi connectivity index (χ0n) is 16.5. The van der Waals surface area contributed by atoms with Gasteiger partial charge in [-0.1, -0.05) is 42.5 Å². The van der Waals surface area contributed by atoms with E-state index in [0.29, 0.717) is 25.3 Å². The SMILES string of the molecule is O=C(c1cncc(Br)c1)N1CCN(C2c3ccccc3COc3ccccc32)CC1. The number of hydrogen-bond donors (Lipinski definition) is 0. The minimum Gasteiger partial charge on any atom is -0.489 e. The number of ether oxygens (including phenoxy) is 1. The van der Waals surface area contributed by atoms with Crippen molar-refractivity contribution in [3.8, 4) is 5.75 Å². The molecule has 1 aromatic heterocycles. The van der Waals surface area contributed by atoms with Crippen molar-refractivity contribution < 1.29 is 9.53 Å². The van der Waals surface area contributed by atoms with Crippen molar-refractivity contribution in [1.82, 2.24) is 14.8 Å². The molecular weight excluding hydrogens is 442 g/mol. The Kier molecular flexibility index (Phi) is 5.27. The molecule has 0 aliphatic carbocycles. The molecule has 6 heteroatoms. The number of benzene rings is 2. The predicted molar refractivity (Wildman–Crippen MR) is 118 cm³/mol. The number of pyridine rings is 1. The van der Waals surface area contributed by atoms with Gasteiger partial charge in [-0.15, -0.1) is 0 Å². The molecule has 3 aromatic rings. The summed E-state index contributed by atoms with van der Waals surface area (Å²) in [5.41, 5.74) is 4.32. The van der Waals surface area contributed by atoms with Crippen LogP contribution in [0.3, 0.4) is 0 Å². The number of halogens is 1. The van der Waals surface area contributed by atoms with Crippen LogP contribution in [0.2, 0.25) is 0 Å². The Bertz CT molecular complexity index is 1030. The van der Waals surface area contributed by atoms with Gasteiger partial charge < -0.3 is 9.64 Å². The van der Waals surface area contributed by atoms with E-state index >= 15 is 0 Å². The summed E-state index contributed by atoms with van der Waals surface area (Å²) < 4.78 is 6.94. The summed E-state index contributed by atoms with van der Waals surface area (Å²) in [6, 6.07) is 18.8. The summed E-state index contributed by atoms with van der Waals surface area (Å²) in [4.78, 5) is 21.4. The molecule has 2 aromatic carbocycles. The molecule has 5 rings (SSSR count). The van der Waals surface area contributed by atoms with Gasteiger partial charge in [0.25, 0.3) is 5.91 Å². The van der Waals surface area contributed by atoms with Gasteiger partial charge in [-0.2, -0.15) is 0 Å². The number of para-hydroxylation sites is 1. The first-order chi connectivity index (χ1) is 14.7. The van der Waals surface area contributed by atoms with E-state index in [1.54, 1.807) is 12.4 Å². The van der Waals surface area contributed by atoms with Crippen molar-refractivity contribution in [2.45, 2.75) is 12.6 Å². The monoisotopic (exact) mass is 463 g/mol. The molecule has 0 radical (unpaired) electrons. The maximum atomic E-state index is 12.9. The van der Waals surface area contributed by atoms with E-state index in [1.165, 1.54) is 16.7 Å². The number of carbonyl (C=O) groups is 1. The maximum absolute atomic E-state index is 12.9. The molecule has 0 N–H and O–H groups in total. The van der Waals surface area contributed by atoms with E-state index in [9.17, 15) is 4.79 Å². The van der Waals surface area contributed by atoms with E-state index in [2.05, 4.69) is 62.2 Å². The summed E-state index contributed by atoms with van der Waals surface area (Å²) in [6.07, 6.45) is 3.33. The highest BCUT2D eigenvalue weighted by molar-refractivity contribution is 9.10. The third kappa shape index (κ3) is 3.61. The van der Waals surface area contributed by atoms with Gasteiger partial charge in [-0.25, -0.2) is 0 Å². The van der Waals surface area contributed by atoms with Gasteiger partial charge in [0.1, 0.15) is 12.4 Å². The fraction of sp³-hybridized carbons (Fsp3) is 0.250. The first-order valence-corrected chi connectivity index (χ1v) is 10.9. The molecule has 2 aliphatic rings. The number of rotatable bonds is 2. The van der Waals surface area contributed by atoms with Crippen molar-refractivity contribution in [2.75, 3.05) is 26.2 Å². The summed E-state index contributed by atoms with van der Waals surface area (Å²) in [5, 5.41) is 0. The van der Waals surface area contributed by atoms with Crippen molar-refractivity contribution in [3.63, 3.8) is 0 Å². The topological polar surface area (TPSA) is 45.7 Å². The van der Waals surface area contributed by atoms with Crippen LogP contribution in [0, 0.1) is 0 Å². The molecule has 2 aliphatic heterocycles. The van der Waals surface area contributed by atoms with Crippen molar-refractivity contribution in [2.24, 2.45) is 0 Å². The average Bonchev–Trinajstić information content (AvgIpc) is 2.96. The molecule has 1 fully saturated rings. The van der Waals surface area contributed by atoms with E-state index in [1.807, 2.05) is 23.1 Å².